The van der Waals surface area contributed by atoms with E-state index in [1.807, 2.05) is 22.7 Å². The molecule has 0 aliphatic heterocycles. The minimum Gasteiger partial charge on any atom is -0.393 e. The SMILES string of the molecule is OC1CCCC(Nc2ccc3ncc(-c4cc(Cl)nc(Cl)c4)n3c2)C1. The van der Waals surface area contributed by atoms with Gasteiger partial charge in [0.05, 0.1) is 23.7 Å². The van der Waals surface area contributed by atoms with Crippen molar-refractivity contribution in [3.63, 3.8) is 0 Å². The molecule has 25 heavy (non-hydrogen) atoms. The monoisotopic (exact) mass is 376 g/mol. The van der Waals surface area contributed by atoms with Gasteiger partial charge in [0.1, 0.15) is 16.0 Å². The second kappa shape index (κ2) is 6.83. The number of fused-ring (bicyclic) bond motifs is 1. The van der Waals surface area contributed by atoms with Crippen LogP contribution in [-0.2, 0) is 0 Å². The first kappa shape index (κ1) is 16.6. The van der Waals surface area contributed by atoms with Crippen molar-refractivity contribution < 1.29 is 5.11 Å². The average molecular weight is 377 g/mol. The topological polar surface area (TPSA) is 62.5 Å². The predicted molar refractivity (Wildman–Crippen MR) is 100 cm³/mol. The van der Waals surface area contributed by atoms with Gasteiger partial charge < -0.3 is 10.4 Å². The number of nitrogens with zero attached hydrogens (tertiary/aromatic N) is 3. The molecule has 2 atom stereocenters. The zero-order valence-corrected chi connectivity index (χ0v) is 15.0. The number of hydrogen-bond donors (Lipinski definition) is 2. The van der Waals surface area contributed by atoms with E-state index in [0.29, 0.717) is 10.3 Å². The Morgan fingerprint density at radius 1 is 1.16 bits per heavy atom. The fourth-order valence-corrected chi connectivity index (χ4v) is 3.88. The van der Waals surface area contributed by atoms with E-state index in [0.717, 1.165) is 48.3 Å². The Kier molecular flexibility index (Phi) is 4.54. The lowest BCUT2D eigenvalue weighted by Crippen LogP contribution is -2.29. The Morgan fingerprint density at radius 2 is 1.96 bits per heavy atom. The third kappa shape index (κ3) is 3.59. The van der Waals surface area contributed by atoms with Crippen LogP contribution >= 0.6 is 23.2 Å². The molecule has 5 nitrogen and oxygen atoms in total. The third-order valence-electron chi connectivity index (χ3n) is 4.58. The lowest BCUT2D eigenvalue weighted by molar-refractivity contribution is 0.124. The van der Waals surface area contributed by atoms with Crippen LogP contribution in [0.25, 0.3) is 16.9 Å². The molecule has 3 aromatic heterocycles. The molecule has 0 amide bonds. The second-order valence-electron chi connectivity index (χ2n) is 6.45. The van der Waals surface area contributed by atoms with E-state index in [-0.39, 0.29) is 12.1 Å². The molecule has 2 unspecified atom stereocenters. The number of nitrogens with one attached hydrogen (secondary N) is 1. The Labute approximate surface area is 155 Å². The molecule has 1 aliphatic rings. The number of aliphatic hydroxyl groups excluding tert-OH is 1. The summed E-state index contributed by atoms with van der Waals surface area (Å²) in [6, 6.07) is 7.82. The lowest BCUT2D eigenvalue weighted by atomic mass is 9.93. The molecule has 1 fully saturated rings. The van der Waals surface area contributed by atoms with Crippen LogP contribution in [0, 0.1) is 0 Å². The molecule has 1 aliphatic carbocycles. The van der Waals surface area contributed by atoms with Crippen LogP contribution in [0.15, 0.2) is 36.7 Å². The van der Waals surface area contributed by atoms with Crippen LogP contribution in [0.5, 0.6) is 0 Å². The van der Waals surface area contributed by atoms with Crippen LogP contribution in [0.1, 0.15) is 25.7 Å². The largest absolute Gasteiger partial charge is 0.393 e. The smallest absolute Gasteiger partial charge is 0.137 e. The van der Waals surface area contributed by atoms with E-state index in [1.54, 1.807) is 18.3 Å². The van der Waals surface area contributed by atoms with E-state index in [2.05, 4.69) is 15.3 Å². The summed E-state index contributed by atoms with van der Waals surface area (Å²) in [4.78, 5) is 8.43. The standard InChI is InChI=1S/C18H18Cl2N4O/c19-16-6-11(7-17(20)23-16)15-9-21-18-5-4-13(10-24(15)18)22-12-2-1-3-14(25)8-12/h4-7,9-10,12,14,22,25H,1-3,8H2. The second-order valence-corrected chi connectivity index (χ2v) is 7.23. The van der Waals surface area contributed by atoms with Gasteiger partial charge in [-0.25, -0.2) is 9.97 Å². The van der Waals surface area contributed by atoms with Gasteiger partial charge in [0, 0.05) is 17.8 Å². The molecule has 0 bridgehead atoms. The Hall–Kier alpha value is -1.82. The van der Waals surface area contributed by atoms with E-state index < -0.39 is 0 Å². The zero-order valence-electron chi connectivity index (χ0n) is 13.5. The molecule has 0 radical (unpaired) electrons. The molecule has 0 spiro atoms. The highest BCUT2D eigenvalue weighted by molar-refractivity contribution is 6.32. The molecular weight excluding hydrogens is 359 g/mol. The summed E-state index contributed by atoms with van der Waals surface area (Å²) in [5.41, 5.74) is 3.60. The Bertz CT molecular complexity index is 891. The van der Waals surface area contributed by atoms with Crippen molar-refractivity contribution >= 4 is 34.5 Å². The molecule has 7 heteroatoms. The van der Waals surface area contributed by atoms with Crippen molar-refractivity contribution in [3.05, 3.63) is 47.0 Å². The van der Waals surface area contributed by atoms with Gasteiger partial charge in [0.2, 0.25) is 0 Å². The van der Waals surface area contributed by atoms with E-state index in [9.17, 15) is 5.11 Å². The van der Waals surface area contributed by atoms with E-state index >= 15 is 0 Å². The fourth-order valence-electron chi connectivity index (χ4n) is 3.42. The molecule has 130 valence electrons. The maximum absolute atomic E-state index is 9.85. The quantitative estimate of drug-likeness (QED) is 0.664. The first-order chi connectivity index (χ1) is 12.1. The highest BCUT2D eigenvalue weighted by atomic mass is 35.5. The van der Waals surface area contributed by atoms with Gasteiger partial charge in [-0.2, -0.15) is 0 Å². The predicted octanol–water partition coefficient (Wildman–Crippen LogP) is 4.42. The molecule has 0 saturated heterocycles. The number of anilines is 1. The summed E-state index contributed by atoms with van der Waals surface area (Å²) in [7, 11) is 0. The van der Waals surface area contributed by atoms with Crippen LogP contribution in [-0.4, -0.2) is 31.6 Å². The van der Waals surface area contributed by atoms with Crippen molar-refractivity contribution in [1.82, 2.24) is 14.4 Å². The van der Waals surface area contributed by atoms with Crippen LogP contribution in [0.4, 0.5) is 5.69 Å². The minimum atomic E-state index is -0.208. The average Bonchev–Trinajstić information content (AvgIpc) is 2.97. The van der Waals surface area contributed by atoms with Gasteiger partial charge in [-0.15, -0.1) is 0 Å². The van der Waals surface area contributed by atoms with Crippen LogP contribution < -0.4 is 5.32 Å². The van der Waals surface area contributed by atoms with E-state index in [4.69, 9.17) is 23.2 Å². The number of halogens is 2. The number of imidazole rings is 1. The van der Waals surface area contributed by atoms with Gasteiger partial charge >= 0.3 is 0 Å². The van der Waals surface area contributed by atoms with Crippen molar-refractivity contribution in [2.75, 3.05) is 5.32 Å². The maximum atomic E-state index is 9.85. The normalized spacial score (nSPS) is 20.8. The number of hydrogen-bond acceptors (Lipinski definition) is 4. The van der Waals surface area contributed by atoms with Gasteiger partial charge in [0.15, 0.2) is 0 Å². The summed E-state index contributed by atoms with van der Waals surface area (Å²) in [5, 5.41) is 14.1. The van der Waals surface area contributed by atoms with Crippen molar-refractivity contribution in [2.45, 2.75) is 37.8 Å². The van der Waals surface area contributed by atoms with Crippen molar-refractivity contribution in [2.24, 2.45) is 0 Å². The molecule has 3 heterocycles. The zero-order chi connectivity index (χ0) is 17.4. The summed E-state index contributed by atoms with van der Waals surface area (Å²) < 4.78 is 2.00. The first-order valence-electron chi connectivity index (χ1n) is 8.33. The fraction of sp³-hybridized carbons (Fsp3) is 0.333. The Morgan fingerprint density at radius 3 is 2.72 bits per heavy atom. The summed E-state index contributed by atoms with van der Waals surface area (Å²) in [6.45, 7) is 0. The van der Waals surface area contributed by atoms with Gasteiger partial charge in [0.25, 0.3) is 0 Å². The van der Waals surface area contributed by atoms with Crippen molar-refractivity contribution in [1.29, 1.82) is 0 Å². The maximum Gasteiger partial charge on any atom is 0.137 e. The van der Waals surface area contributed by atoms with Crippen molar-refractivity contribution in [3.8, 4) is 11.3 Å². The highest BCUT2D eigenvalue weighted by Gasteiger charge is 2.20. The third-order valence-corrected chi connectivity index (χ3v) is 4.97. The van der Waals surface area contributed by atoms with Gasteiger partial charge in [-0.1, -0.05) is 23.2 Å². The first-order valence-corrected chi connectivity index (χ1v) is 9.09. The van der Waals surface area contributed by atoms with Gasteiger partial charge in [-0.05, 0) is 49.9 Å². The minimum absolute atomic E-state index is 0.208. The summed E-state index contributed by atoms with van der Waals surface area (Å²) >= 11 is 12.1. The molecule has 2 N–H and O–H groups in total. The number of aliphatic hydroxyl groups is 1. The van der Waals surface area contributed by atoms with Gasteiger partial charge in [-0.3, -0.25) is 4.40 Å². The van der Waals surface area contributed by atoms with E-state index in [1.165, 1.54) is 0 Å². The Balaban J connectivity index is 1.67. The summed E-state index contributed by atoms with van der Waals surface area (Å²) in [5.74, 6) is 0. The highest BCUT2D eigenvalue weighted by Crippen LogP contribution is 2.27. The van der Waals surface area contributed by atoms with Crippen LogP contribution in [0.3, 0.4) is 0 Å². The summed E-state index contributed by atoms with van der Waals surface area (Å²) in [6.07, 6.45) is 7.40. The molecule has 1 saturated carbocycles. The molecule has 3 aromatic rings. The lowest BCUT2D eigenvalue weighted by Gasteiger charge is -2.27. The molecule has 4 rings (SSSR count). The number of aromatic nitrogens is 3. The van der Waals surface area contributed by atoms with Crippen LogP contribution in [0.2, 0.25) is 10.3 Å². The number of pyridine rings is 2. The molecule has 0 aromatic carbocycles. The molecular formula is C18H18Cl2N4O. The number of rotatable bonds is 3.